The Morgan fingerprint density at radius 3 is 3.12 bits per heavy atom. The molecular weight excluding hydrogens is 240 g/mol. The van der Waals surface area contributed by atoms with Gasteiger partial charge in [-0.3, -0.25) is 4.79 Å². The van der Waals surface area contributed by atoms with E-state index in [2.05, 4.69) is 10.3 Å². The zero-order valence-corrected chi connectivity index (χ0v) is 10.5. The fourth-order valence-electron chi connectivity index (χ4n) is 1.84. The molecule has 17 heavy (non-hydrogen) atoms. The van der Waals surface area contributed by atoms with Crippen molar-refractivity contribution in [1.29, 1.82) is 0 Å². The number of carbonyl (C=O) groups is 1. The Hall–Kier alpha value is -1.13. The van der Waals surface area contributed by atoms with E-state index in [1.54, 1.807) is 12.1 Å². The molecule has 1 aromatic rings. The van der Waals surface area contributed by atoms with Gasteiger partial charge in [0, 0.05) is 30.3 Å². The highest BCUT2D eigenvalue weighted by Crippen LogP contribution is 2.12. The molecule has 1 N–H and O–H groups in total. The van der Waals surface area contributed by atoms with Crippen molar-refractivity contribution in [2.24, 2.45) is 5.92 Å². The number of nitrogens with one attached hydrogen (secondary N) is 1. The van der Waals surface area contributed by atoms with Crippen LogP contribution in [0.5, 0.6) is 0 Å². The molecule has 0 radical (unpaired) electrons. The molecule has 1 aliphatic rings. The van der Waals surface area contributed by atoms with E-state index >= 15 is 0 Å². The Morgan fingerprint density at radius 1 is 1.65 bits per heavy atom. The van der Waals surface area contributed by atoms with Crippen molar-refractivity contribution in [2.45, 2.75) is 13.3 Å². The van der Waals surface area contributed by atoms with Crippen molar-refractivity contribution in [1.82, 2.24) is 10.3 Å². The first-order valence-corrected chi connectivity index (χ1v) is 6.03. The largest absolute Gasteiger partial charge is 0.381 e. The molecule has 0 bridgehead atoms. The van der Waals surface area contributed by atoms with E-state index in [0.717, 1.165) is 25.3 Å². The van der Waals surface area contributed by atoms with Gasteiger partial charge in [0.25, 0.3) is 5.91 Å². The minimum atomic E-state index is -0.107. The lowest BCUT2D eigenvalue weighted by atomic mass is 10.1. The van der Waals surface area contributed by atoms with Gasteiger partial charge in [-0.1, -0.05) is 11.6 Å². The van der Waals surface area contributed by atoms with E-state index in [4.69, 9.17) is 16.3 Å². The van der Waals surface area contributed by atoms with Gasteiger partial charge in [-0.05, 0) is 25.5 Å². The third-order valence-corrected chi connectivity index (χ3v) is 2.95. The number of carbonyl (C=O) groups excluding carboxylic acids is 1. The summed E-state index contributed by atoms with van der Waals surface area (Å²) in [4.78, 5) is 15.9. The number of aromatic nitrogens is 1. The topological polar surface area (TPSA) is 51.2 Å². The fraction of sp³-hybridized carbons (Fsp3) is 0.500. The molecule has 0 aromatic carbocycles. The first kappa shape index (κ1) is 12.3. The summed E-state index contributed by atoms with van der Waals surface area (Å²) in [5, 5.41) is 3.24. The monoisotopic (exact) mass is 254 g/mol. The lowest BCUT2D eigenvalue weighted by molar-refractivity contribution is 0.0945. The molecule has 1 unspecified atom stereocenters. The second-order valence-corrected chi connectivity index (χ2v) is 4.65. The average Bonchev–Trinajstić information content (AvgIpc) is 2.77. The van der Waals surface area contributed by atoms with Crippen molar-refractivity contribution < 1.29 is 9.53 Å². The third-order valence-electron chi connectivity index (χ3n) is 2.76. The van der Waals surface area contributed by atoms with Gasteiger partial charge in [0.15, 0.2) is 0 Å². The normalized spacial score (nSPS) is 19.3. The Morgan fingerprint density at radius 2 is 2.47 bits per heavy atom. The number of amides is 1. The zero-order valence-electron chi connectivity index (χ0n) is 9.70. The molecular formula is C12H15ClN2O2. The van der Waals surface area contributed by atoms with Crippen LogP contribution >= 0.6 is 11.6 Å². The SMILES string of the molecule is Cc1cc(C(=O)NCC2CCOC2)cc(Cl)n1. The maximum absolute atomic E-state index is 11.9. The van der Waals surface area contributed by atoms with Crippen molar-refractivity contribution in [3.05, 3.63) is 28.5 Å². The molecule has 0 saturated carbocycles. The summed E-state index contributed by atoms with van der Waals surface area (Å²) in [6.45, 7) is 3.99. The van der Waals surface area contributed by atoms with Crippen LogP contribution in [0.25, 0.3) is 0 Å². The molecule has 5 heteroatoms. The zero-order chi connectivity index (χ0) is 12.3. The van der Waals surface area contributed by atoms with Crippen LogP contribution in [0.1, 0.15) is 22.5 Å². The summed E-state index contributed by atoms with van der Waals surface area (Å²) in [5.74, 6) is 0.321. The number of pyridine rings is 1. The molecule has 2 rings (SSSR count). The van der Waals surface area contributed by atoms with Gasteiger partial charge in [0.05, 0.1) is 6.61 Å². The molecule has 2 heterocycles. The Kier molecular flexibility index (Phi) is 3.97. The van der Waals surface area contributed by atoms with Crippen molar-refractivity contribution in [3.63, 3.8) is 0 Å². The van der Waals surface area contributed by atoms with Crippen LogP contribution < -0.4 is 5.32 Å². The summed E-state index contributed by atoms with van der Waals surface area (Å²) in [5.41, 5.74) is 1.30. The Balaban J connectivity index is 1.94. The molecule has 1 aromatic heterocycles. The summed E-state index contributed by atoms with van der Waals surface area (Å²) in [7, 11) is 0. The highest BCUT2D eigenvalue weighted by molar-refractivity contribution is 6.29. The number of hydrogen-bond acceptors (Lipinski definition) is 3. The maximum atomic E-state index is 11.9. The van der Waals surface area contributed by atoms with E-state index in [1.807, 2.05) is 6.92 Å². The minimum absolute atomic E-state index is 0.107. The quantitative estimate of drug-likeness (QED) is 0.837. The van der Waals surface area contributed by atoms with E-state index in [-0.39, 0.29) is 5.91 Å². The van der Waals surface area contributed by atoms with Crippen LogP contribution in [0.3, 0.4) is 0 Å². The smallest absolute Gasteiger partial charge is 0.251 e. The van der Waals surface area contributed by atoms with Gasteiger partial charge in [0.1, 0.15) is 5.15 Å². The van der Waals surface area contributed by atoms with Gasteiger partial charge < -0.3 is 10.1 Å². The maximum Gasteiger partial charge on any atom is 0.251 e. The van der Waals surface area contributed by atoms with E-state index in [1.165, 1.54) is 0 Å². The Labute approximate surface area is 105 Å². The second-order valence-electron chi connectivity index (χ2n) is 4.26. The molecule has 4 nitrogen and oxygen atoms in total. The summed E-state index contributed by atoms with van der Waals surface area (Å²) in [6, 6.07) is 3.31. The minimum Gasteiger partial charge on any atom is -0.381 e. The third kappa shape index (κ3) is 3.41. The van der Waals surface area contributed by atoms with E-state index in [0.29, 0.717) is 23.2 Å². The Bertz CT molecular complexity index is 397. The highest BCUT2D eigenvalue weighted by Gasteiger charge is 2.17. The van der Waals surface area contributed by atoms with Crippen molar-refractivity contribution >= 4 is 17.5 Å². The fourth-order valence-corrected chi connectivity index (χ4v) is 2.09. The van der Waals surface area contributed by atoms with Gasteiger partial charge in [-0.25, -0.2) is 4.98 Å². The molecule has 0 aliphatic carbocycles. The van der Waals surface area contributed by atoms with Crippen LogP contribution in [0, 0.1) is 12.8 Å². The number of hydrogen-bond donors (Lipinski definition) is 1. The summed E-state index contributed by atoms with van der Waals surface area (Å²) in [6.07, 6.45) is 1.01. The average molecular weight is 255 g/mol. The van der Waals surface area contributed by atoms with Crippen molar-refractivity contribution in [3.8, 4) is 0 Å². The van der Waals surface area contributed by atoms with Gasteiger partial charge in [-0.15, -0.1) is 0 Å². The molecule has 0 spiro atoms. The van der Waals surface area contributed by atoms with Crippen LogP contribution in [0.4, 0.5) is 0 Å². The number of rotatable bonds is 3. The summed E-state index contributed by atoms with van der Waals surface area (Å²) < 4.78 is 5.25. The van der Waals surface area contributed by atoms with Crippen LogP contribution in [0.2, 0.25) is 5.15 Å². The highest BCUT2D eigenvalue weighted by atomic mass is 35.5. The van der Waals surface area contributed by atoms with Gasteiger partial charge in [-0.2, -0.15) is 0 Å². The predicted molar refractivity (Wildman–Crippen MR) is 65.2 cm³/mol. The van der Waals surface area contributed by atoms with Crippen LogP contribution in [-0.2, 0) is 4.74 Å². The van der Waals surface area contributed by atoms with E-state index < -0.39 is 0 Å². The molecule has 1 atom stereocenters. The number of ether oxygens (including phenoxy) is 1. The second kappa shape index (κ2) is 5.47. The first-order valence-electron chi connectivity index (χ1n) is 5.65. The number of halogens is 1. The lowest BCUT2D eigenvalue weighted by Gasteiger charge is -2.09. The number of nitrogens with zero attached hydrogens (tertiary/aromatic N) is 1. The van der Waals surface area contributed by atoms with Crippen LogP contribution in [0.15, 0.2) is 12.1 Å². The number of aryl methyl sites for hydroxylation is 1. The van der Waals surface area contributed by atoms with Gasteiger partial charge in [0.2, 0.25) is 0 Å². The molecule has 1 amide bonds. The predicted octanol–water partition coefficient (Wildman–Crippen LogP) is 1.81. The molecule has 92 valence electrons. The van der Waals surface area contributed by atoms with E-state index in [9.17, 15) is 4.79 Å². The van der Waals surface area contributed by atoms with Gasteiger partial charge >= 0.3 is 0 Å². The standard InChI is InChI=1S/C12H15ClN2O2/c1-8-4-10(5-11(13)15-8)12(16)14-6-9-2-3-17-7-9/h4-5,9H,2-3,6-7H2,1H3,(H,14,16). The molecule has 1 fully saturated rings. The summed E-state index contributed by atoms with van der Waals surface area (Å²) >= 11 is 5.81. The van der Waals surface area contributed by atoms with Crippen molar-refractivity contribution in [2.75, 3.05) is 19.8 Å². The molecule has 1 saturated heterocycles. The first-order chi connectivity index (χ1) is 8.15. The molecule has 1 aliphatic heterocycles. The van der Waals surface area contributed by atoms with Crippen LogP contribution in [-0.4, -0.2) is 30.6 Å². The lowest BCUT2D eigenvalue weighted by Crippen LogP contribution is -2.29.